The highest BCUT2D eigenvalue weighted by molar-refractivity contribution is 7.85. The Hall–Kier alpha value is -3.32. The van der Waals surface area contributed by atoms with Gasteiger partial charge in [-0.25, -0.2) is 4.79 Å². The summed E-state index contributed by atoms with van der Waals surface area (Å²) in [4.78, 5) is 55.0. The first-order valence-corrected chi connectivity index (χ1v) is 15.2. The molecule has 0 heterocycles. The molecule has 3 aliphatic carbocycles. The van der Waals surface area contributed by atoms with Gasteiger partial charge >= 0.3 is 17.9 Å². The van der Waals surface area contributed by atoms with Crippen LogP contribution in [0.3, 0.4) is 0 Å². The quantitative estimate of drug-likeness (QED) is 0.287. The number of benzene rings is 1. The van der Waals surface area contributed by atoms with Crippen molar-refractivity contribution in [3.63, 3.8) is 0 Å². The van der Waals surface area contributed by atoms with Gasteiger partial charge in [0.25, 0.3) is 10.1 Å². The Kier molecular flexibility index (Phi) is 10.1. The molecule has 1 aromatic rings. The van der Waals surface area contributed by atoms with E-state index in [1.54, 1.807) is 32.9 Å². The van der Waals surface area contributed by atoms with E-state index in [0.717, 1.165) is 6.42 Å². The number of nitrogens with one attached hydrogen (secondary N) is 1. The van der Waals surface area contributed by atoms with Gasteiger partial charge < -0.3 is 20.6 Å². The Morgan fingerprint density at radius 1 is 0.905 bits per heavy atom. The van der Waals surface area contributed by atoms with Crippen molar-refractivity contribution in [1.29, 1.82) is 0 Å². The van der Waals surface area contributed by atoms with Crippen LogP contribution in [-0.2, 0) is 29.3 Å². The molecule has 5 N–H and O–H groups in total. The maximum Gasteiger partial charge on any atom is 0.335 e. The normalized spacial score (nSPS) is 28.5. The highest BCUT2D eigenvalue weighted by Crippen LogP contribution is 2.64. The van der Waals surface area contributed by atoms with E-state index in [1.807, 2.05) is 13.8 Å². The van der Waals surface area contributed by atoms with E-state index >= 15 is 0 Å². The number of carbonyl (C=O) groups is 5. The van der Waals surface area contributed by atoms with Gasteiger partial charge in [-0.3, -0.25) is 23.7 Å². The lowest BCUT2D eigenvalue weighted by Crippen LogP contribution is -2.42. The molecule has 4 unspecified atom stereocenters. The van der Waals surface area contributed by atoms with Crippen molar-refractivity contribution in [1.82, 2.24) is 0 Å². The van der Waals surface area contributed by atoms with E-state index in [4.69, 9.17) is 19.9 Å². The number of amides is 1. The summed E-state index contributed by atoms with van der Waals surface area (Å²) in [5, 5.41) is 29.2. The molecule has 12 nitrogen and oxygen atoms in total. The van der Waals surface area contributed by atoms with Crippen molar-refractivity contribution in [2.45, 2.75) is 73.6 Å². The Balaban J connectivity index is 0.000000221. The van der Waals surface area contributed by atoms with Crippen molar-refractivity contribution >= 4 is 45.4 Å². The molecule has 1 aromatic carbocycles. The summed E-state index contributed by atoms with van der Waals surface area (Å²) in [6.07, 6.45) is 2.86. The maximum atomic E-state index is 11.9. The average molecular weight is 612 g/mol. The third kappa shape index (κ3) is 6.83. The predicted molar refractivity (Wildman–Crippen MR) is 153 cm³/mol. The van der Waals surface area contributed by atoms with E-state index in [9.17, 15) is 32.4 Å². The first-order valence-electron chi connectivity index (χ1n) is 13.6. The van der Waals surface area contributed by atoms with Crippen molar-refractivity contribution in [2.75, 3.05) is 11.1 Å². The van der Waals surface area contributed by atoms with Gasteiger partial charge in [-0.05, 0) is 73.6 Å². The fraction of sp³-hybridized carbons (Fsp3) is 0.621. The van der Waals surface area contributed by atoms with Crippen molar-refractivity contribution in [3.05, 3.63) is 29.8 Å². The van der Waals surface area contributed by atoms with Crippen LogP contribution in [0.4, 0.5) is 5.69 Å². The number of carboxylic acids is 3. The SMILES string of the molecule is CC(=O)Nc1ccc(C(=O)O)cc1.CC1(C(=O)O)CCC(C(=O)O)C1(C)C.CC1(C)C2CCC1(CS(=O)(=O)O)C(=O)C2. The van der Waals surface area contributed by atoms with E-state index in [-0.39, 0.29) is 28.6 Å². The largest absolute Gasteiger partial charge is 0.481 e. The van der Waals surface area contributed by atoms with Crippen LogP contribution < -0.4 is 5.32 Å². The summed E-state index contributed by atoms with van der Waals surface area (Å²) in [7, 11) is -4.08. The zero-order chi connectivity index (χ0) is 32.5. The van der Waals surface area contributed by atoms with Crippen LogP contribution in [0, 0.1) is 33.5 Å². The maximum absolute atomic E-state index is 11.9. The third-order valence-corrected chi connectivity index (χ3v) is 10.9. The van der Waals surface area contributed by atoms with E-state index in [2.05, 4.69) is 5.32 Å². The number of carbonyl (C=O) groups excluding carboxylic acids is 2. The second-order valence-electron chi connectivity index (χ2n) is 12.7. The van der Waals surface area contributed by atoms with Gasteiger partial charge in [0.2, 0.25) is 5.91 Å². The first kappa shape index (κ1) is 34.9. The molecule has 3 fully saturated rings. The molecule has 42 heavy (non-hydrogen) atoms. The first-order chi connectivity index (χ1) is 19.0. The molecule has 0 saturated heterocycles. The summed E-state index contributed by atoms with van der Waals surface area (Å²) >= 11 is 0. The van der Waals surface area contributed by atoms with Crippen LogP contribution in [0.2, 0.25) is 0 Å². The second kappa shape index (κ2) is 12.1. The van der Waals surface area contributed by atoms with Crippen LogP contribution in [0.15, 0.2) is 24.3 Å². The zero-order valence-corrected chi connectivity index (χ0v) is 25.6. The molecule has 13 heteroatoms. The Bertz CT molecular complexity index is 1350. The minimum atomic E-state index is -4.08. The van der Waals surface area contributed by atoms with Crippen molar-refractivity contribution in [3.8, 4) is 0 Å². The average Bonchev–Trinajstić information content (AvgIpc) is 3.30. The number of aliphatic carboxylic acids is 2. The molecule has 0 spiro atoms. The summed E-state index contributed by atoms with van der Waals surface area (Å²) in [6.45, 7) is 10.4. The minimum Gasteiger partial charge on any atom is -0.481 e. The van der Waals surface area contributed by atoms with Gasteiger partial charge in [0.1, 0.15) is 5.78 Å². The van der Waals surface area contributed by atoms with Crippen LogP contribution >= 0.6 is 0 Å². The van der Waals surface area contributed by atoms with Gasteiger partial charge in [-0.2, -0.15) is 8.42 Å². The molecule has 2 bridgehead atoms. The zero-order valence-electron chi connectivity index (χ0n) is 24.8. The summed E-state index contributed by atoms with van der Waals surface area (Å²) in [6, 6.07) is 5.97. The van der Waals surface area contributed by atoms with Crippen LogP contribution in [0.5, 0.6) is 0 Å². The summed E-state index contributed by atoms with van der Waals surface area (Å²) < 4.78 is 31.0. The number of anilines is 1. The molecule has 0 aliphatic heterocycles. The highest BCUT2D eigenvalue weighted by Gasteiger charge is 2.65. The lowest BCUT2D eigenvalue weighted by molar-refractivity contribution is -0.157. The molecule has 234 valence electrons. The van der Waals surface area contributed by atoms with Gasteiger partial charge in [0.15, 0.2) is 0 Å². The number of hydrogen-bond donors (Lipinski definition) is 5. The number of ketones is 1. The third-order valence-electron chi connectivity index (χ3n) is 10.0. The fourth-order valence-corrected chi connectivity index (χ4v) is 7.93. The fourth-order valence-electron chi connectivity index (χ4n) is 6.63. The van der Waals surface area contributed by atoms with Crippen LogP contribution in [-0.4, -0.2) is 63.6 Å². The van der Waals surface area contributed by atoms with Gasteiger partial charge in [0.05, 0.1) is 28.1 Å². The molecule has 0 aromatic heterocycles. The molecule has 3 aliphatic rings. The van der Waals surface area contributed by atoms with E-state index < -0.39 is 55.9 Å². The summed E-state index contributed by atoms with van der Waals surface area (Å²) in [5.41, 5.74) is -1.93. The van der Waals surface area contributed by atoms with Gasteiger partial charge in [-0.15, -0.1) is 0 Å². The van der Waals surface area contributed by atoms with Crippen LogP contribution in [0.25, 0.3) is 0 Å². The molecule has 0 radical (unpaired) electrons. The number of fused-ring (bicyclic) bond motifs is 2. The monoisotopic (exact) mass is 611 g/mol. The lowest BCUT2D eigenvalue weighted by Gasteiger charge is -2.36. The number of aromatic carboxylic acids is 1. The second-order valence-corrected chi connectivity index (χ2v) is 14.2. The molecular formula is C29H41NO11S. The Labute approximate surface area is 245 Å². The van der Waals surface area contributed by atoms with Gasteiger partial charge in [-0.1, -0.05) is 27.7 Å². The van der Waals surface area contributed by atoms with Gasteiger partial charge in [0, 0.05) is 19.0 Å². The van der Waals surface area contributed by atoms with E-state index in [1.165, 1.54) is 19.1 Å². The number of hydrogen-bond acceptors (Lipinski definition) is 7. The number of carboxylic acid groups (broad SMARTS) is 3. The molecular weight excluding hydrogens is 570 g/mol. The lowest BCUT2D eigenvalue weighted by atomic mass is 9.66. The molecule has 4 rings (SSSR count). The number of Topliss-reactive ketones (excluding diaryl/α,β-unsaturated/α-hetero) is 1. The number of rotatable bonds is 6. The summed E-state index contributed by atoms with van der Waals surface area (Å²) in [5.74, 6) is -3.59. The molecule has 1 amide bonds. The van der Waals surface area contributed by atoms with E-state index in [0.29, 0.717) is 31.4 Å². The molecule has 4 atom stereocenters. The standard InChI is InChI=1S/C10H16O4S.C10H16O4.C9H9NO3/c1-9(2)7-3-4-10(9,8(11)5-7)6-15(12,13)14;1-9(2)6(7(11)12)4-5-10(9,3)8(13)14;1-6(11)10-8-4-2-7(3-5-8)9(12)13/h7H,3-6H2,1-2H3,(H,12,13,14);6H,4-5H2,1-3H3,(H,11,12)(H,13,14);2-5H,1H3,(H,10,11)(H,12,13). The van der Waals surface area contributed by atoms with Crippen molar-refractivity contribution < 1.29 is 52.3 Å². The minimum absolute atomic E-state index is 0.0152. The highest BCUT2D eigenvalue weighted by atomic mass is 32.2. The Morgan fingerprint density at radius 2 is 1.45 bits per heavy atom. The predicted octanol–water partition coefficient (Wildman–Crippen LogP) is 4.21. The van der Waals surface area contributed by atoms with Crippen molar-refractivity contribution in [2.24, 2.45) is 33.5 Å². The smallest absolute Gasteiger partial charge is 0.335 e. The van der Waals surface area contributed by atoms with Crippen LogP contribution in [0.1, 0.15) is 84.0 Å². The molecule has 3 saturated carbocycles. The Morgan fingerprint density at radius 3 is 1.76 bits per heavy atom. The topological polar surface area (TPSA) is 212 Å².